The molecule has 1 spiro atoms. The molecule has 6 heteroatoms. The van der Waals surface area contributed by atoms with Crippen LogP contribution in [-0.2, 0) is 0 Å². The highest BCUT2D eigenvalue weighted by Crippen LogP contribution is 2.61. The van der Waals surface area contributed by atoms with E-state index in [1.807, 2.05) is 30.0 Å². The molecule has 4 aromatic rings. The van der Waals surface area contributed by atoms with Crippen LogP contribution in [0.5, 0.6) is 0 Å². The molecule has 196 valence electrons. The lowest BCUT2D eigenvalue weighted by molar-refractivity contribution is 0.0666. The fourth-order valence-corrected chi connectivity index (χ4v) is 7.11. The predicted molar refractivity (Wildman–Crippen MR) is 153 cm³/mol. The van der Waals surface area contributed by atoms with Gasteiger partial charge in [-0.15, -0.1) is 0 Å². The van der Waals surface area contributed by atoms with Crippen LogP contribution in [0.25, 0.3) is 6.08 Å². The molecule has 3 atom stereocenters. The minimum atomic E-state index is -1.62. The number of carbonyl (C=O) groups excluding carboxylic acids is 3. The first-order chi connectivity index (χ1) is 19.3. The first kappa shape index (κ1) is 24.7. The second kappa shape index (κ2) is 8.83. The quantitative estimate of drug-likeness (QED) is 0.203. The maximum Gasteiger partial charge on any atom is 0.185 e. The Hall–Kier alpha value is -4.35. The van der Waals surface area contributed by atoms with E-state index in [9.17, 15) is 18.8 Å². The van der Waals surface area contributed by atoms with Crippen molar-refractivity contribution in [1.29, 1.82) is 0 Å². The Morgan fingerprint density at radius 3 is 2.25 bits per heavy atom. The van der Waals surface area contributed by atoms with Gasteiger partial charge in [0.2, 0.25) is 0 Å². The highest BCUT2D eigenvalue weighted by Gasteiger charge is 2.71. The van der Waals surface area contributed by atoms with Crippen LogP contribution in [0.1, 0.15) is 53.7 Å². The van der Waals surface area contributed by atoms with Gasteiger partial charge in [-0.25, -0.2) is 4.39 Å². The third kappa shape index (κ3) is 3.28. The summed E-state index contributed by atoms with van der Waals surface area (Å²) in [6, 6.07) is 23.8. The summed E-state index contributed by atoms with van der Waals surface area (Å²) in [5.74, 6) is -2.14. The third-order valence-corrected chi connectivity index (χ3v) is 8.81. The molecule has 0 saturated carbocycles. The van der Waals surface area contributed by atoms with Crippen LogP contribution in [0.3, 0.4) is 0 Å². The normalized spacial score (nSPS) is 21.9. The van der Waals surface area contributed by atoms with Gasteiger partial charge in [0.15, 0.2) is 17.3 Å². The van der Waals surface area contributed by atoms with Gasteiger partial charge in [0.05, 0.1) is 6.04 Å². The van der Waals surface area contributed by atoms with Crippen molar-refractivity contribution >= 4 is 40.7 Å². The van der Waals surface area contributed by atoms with E-state index >= 15 is 0 Å². The molecule has 1 unspecified atom stereocenters. The lowest BCUT2D eigenvalue weighted by Crippen LogP contribution is -2.48. The van der Waals surface area contributed by atoms with Crippen molar-refractivity contribution in [3.8, 4) is 0 Å². The number of benzene rings is 4. The largest absolute Gasteiger partial charge is 0.352 e. The highest BCUT2D eigenvalue weighted by atomic mass is 35.5. The maximum atomic E-state index is 14.6. The van der Waals surface area contributed by atoms with E-state index in [1.165, 1.54) is 12.1 Å². The molecule has 0 bridgehead atoms. The summed E-state index contributed by atoms with van der Waals surface area (Å²) < 4.78 is 14.3. The number of hydrogen-bond acceptors (Lipinski definition) is 4. The molecule has 2 aliphatic heterocycles. The Morgan fingerprint density at radius 1 is 0.875 bits per heavy atom. The van der Waals surface area contributed by atoms with Gasteiger partial charge in [-0.3, -0.25) is 14.4 Å². The second-order valence-electron chi connectivity index (χ2n) is 10.7. The molecule has 3 aliphatic rings. The number of rotatable bonds is 3. The van der Waals surface area contributed by atoms with E-state index in [-0.39, 0.29) is 17.3 Å². The lowest BCUT2D eigenvalue weighted by Gasteiger charge is -2.37. The molecule has 1 saturated heterocycles. The number of carbonyl (C=O) groups is 3. The van der Waals surface area contributed by atoms with Gasteiger partial charge < -0.3 is 4.90 Å². The molecule has 1 fully saturated rings. The van der Waals surface area contributed by atoms with Gasteiger partial charge in [0.25, 0.3) is 0 Å². The van der Waals surface area contributed by atoms with Gasteiger partial charge >= 0.3 is 0 Å². The summed E-state index contributed by atoms with van der Waals surface area (Å²) in [5, 5.41) is 0.437. The van der Waals surface area contributed by atoms with Crippen molar-refractivity contribution < 1.29 is 18.8 Å². The second-order valence-corrected chi connectivity index (χ2v) is 11.1. The van der Waals surface area contributed by atoms with E-state index in [4.69, 9.17) is 11.6 Å². The van der Waals surface area contributed by atoms with Crippen LogP contribution in [0.4, 0.5) is 10.1 Å². The number of ketones is 3. The van der Waals surface area contributed by atoms with Crippen molar-refractivity contribution in [3.05, 3.63) is 141 Å². The van der Waals surface area contributed by atoms with Crippen LogP contribution in [0, 0.1) is 18.2 Å². The molecule has 1 aliphatic carbocycles. The van der Waals surface area contributed by atoms with Crippen LogP contribution < -0.4 is 4.90 Å². The number of hydrogen-bond donors (Lipinski definition) is 0. The van der Waals surface area contributed by atoms with E-state index in [1.54, 1.807) is 72.8 Å². The summed E-state index contributed by atoms with van der Waals surface area (Å²) in [6.45, 7) is 1.94. The smallest absolute Gasteiger partial charge is 0.185 e. The molecule has 4 aromatic carbocycles. The zero-order chi connectivity index (χ0) is 27.8. The Balaban J connectivity index is 1.55. The molecule has 4 nitrogen and oxygen atoms in total. The molecule has 0 N–H and O–H groups in total. The lowest BCUT2D eigenvalue weighted by atomic mass is 9.64. The van der Waals surface area contributed by atoms with Gasteiger partial charge in [0, 0.05) is 38.9 Å². The van der Waals surface area contributed by atoms with Crippen LogP contribution in [0.15, 0.2) is 97.1 Å². The van der Waals surface area contributed by atoms with Crippen molar-refractivity contribution in [3.63, 3.8) is 0 Å². The van der Waals surface area contributed by atoms with Crippen molar-refractivity contribution in [2.24, 2.45) is 5.41 Å². The average Bonchev–Trinajstić information content (AvgIpc) is 3.39. The standard InChI is InChI=1S/C34H23ClFNO3/c1-19-9-11-20(12-10-19)31(38)30-29(22-5-4-6-23(35)17-22)34(32(39)25-7-2-3-8-26(25)33(34)40)28-16-13-21-18-24(36)14-15-27(21)37(28)30/h2-18,28-30H,1H3/t28?,29-,30+/m0/s1. The number of anilines is 1. The summed E-state index contributed by atoms with van der Waals surface area (Å²) in [7, 11) is 0. The molecule has 7 rings (SSSR count). The Bertz CT molecular complexity index is 1740. The summed E-state index contributed by atoms with van der Waals surface area (Å²) in [4.78, 5) is 45.6. The van der Waals surface area contributed by atoms with Crippen molar-refractivity contribution in [1.82, 2.24) is 0 Å². The van der Waals surface area contributed by atoms with Gasteiger partial charge in [-0.05, 0) is 42.8 Å². The molecule has 0 aromatic heterocycles. The molecular weight excluding hydrogens is 525 g/mol. The number of aryl methyl sites for hydroxylation is 1. The minimum Gasteiger partial charge on any atom is -0.352 e. The number of nitrogens with zero attached hydrogens (tertiary/aromatic N) is 1. The zero-order valence-electron chi connectivity index (χ0n) is 21.5. The van der Waals surface area contributed by atoms with E-state index in [2.05, 4.69) is 0 Å². The topological polar surface area (TPSA) is 54.5 Å². The van der Waals surface area contributed by atoms with Crippen LogP contribution >= 0.6 is 11.6 Å². The number of fused-ring (bicyclic) bond motifs is 5. The summed E-state index contributed by atoms with van der Waals surface area (Å²) in [6.07, 6.45) is 3.53. The maximum absolute atomic E-state index is 14.6. The molecule has 0 amide bonds. The Labute approximate surface area is 235 Å². The molecule has 2 heterocycles. The van der Waals surface area contributed by atoms with Gasteiger partial charge in [-0.1, -0.05) is 90.0 Å². The first-order valence-corrected chi connectivity index (χ1v) is 13.5. The Morgan fingerprint density at radius 2 is 1.57 bits per heavy atom. The third-order valence-electron chi connectivity index (χ3n) is 8.58. The highest BCUT2D eigenvalue weighted by molar-refractivity contribution is 6.32. The molecule has 40 heavy (non-hydrogen) atoms. The fraction of sp³-hybridized carbons (Fsp3) is 0.147. The molecular formula is C34H23ClFNO3. The number of halogens is 2. The average molecular weight is 548 g/mol. The van der Waals surface area contributed by atoms with Gasteiger partial charge in [-0.2, -0.15) is 0 Å². The first-order valence-electron chi connectivity index (χ1n) is 13.1. The summed E-state index contributed by atoms with van der Waals surface area (Å²) in [5.41, 5.74) is 2.34. The summed E-state index contributed by atoms with van der Waals surface area (Å²) >= 11 is 6.47. The van der Waals surface area contributed by atoms with Crippen LogP contribution in [-0.4, -0.2) is 29.4 Å². The SMILES string of the molecule is Cc1ccc(C(=O)[C@H]2[C@H](c3cccc(Cl)c3)C3(C(=O)c4ccccc4C3=O)C3C=Cc4cc(F)ccc4N32)cc1. The number of Topliss-reactive ketones (excluding diaryl/α,β-unsaturated/α-hetero) is 3. The zero-order valence-corrected chi connectivity index (χ0v) is 22.2. The van der Waals surface area contributed by atoms with E-state index in [0.717, 1.165) is 5.56 Å². The fourth-order valence-electron chi connectivity index (χ4n) is 6.91. The van der Waals surface area contributed by atoms with Crippen molar-refractivity contribution in [2.45, 2.75) is 24.9 Å². The van der Waals surface area contributed by atoms with Gasteiger partial charge in [0.1, 0.15) is 17.3 Å². The Kier molecular flexibility index (Phi) is 5.45. The molecule has 0 radical (unpaired) electrons. The van der Waals surface area contributed by atoms with E-state index in [0.29, 0.717) is 38.5 Å². The monoisotopic (exact) mass is 547 g/mol. The van der Waals surface area contributed by atoms with E-state index < -0.39 is 29.2 Å². The predicted octanol–water partition coefficient (Wildman–Crippen LogP) is 7.10. The minimum absolute atomic E-state index is 0.228. The van der Waals surface area contributed by atoms with Crippen molar-refractivity contribution in [2.75, 3.05) is 4.90 Å². The van der Waals surface area contributed by atoms with Crippen LogP contribution in [0.2, 0.25) is 5.02 Å².